The van der Waals surface area contributed by atoms with Crippen LogP contribution in [0, 0.1) is 6.92 Å². The molecule has 0 aliphatic rings. The largest absolute Gasteiger partial charge is 0.486 e. The van der Waals surface area contributed by atoms with Crippen molar-refractivity contribution in [3.63, 3.8) is 0 Å². The zero-order chi connectivity index (χ0) is 20.1. The number of ether oxygens (including phenoxy) is 1. The number of nitrogens with zero attached hydrogens (tertiary/aromatic N) is 3. The summed E-state index contributed by atoms with van der Waals surface area (Å²) in [4.78, 5) is 12.2. The summed E-state index contributed by atoms with van der Waals surface area (Å²) >= 11 is 13.2. The third kappa shape index (κ3) is 5.64. The first-order chi connectivity index (χ1) is 13.4. The first-order valence-corrected chi connectivity index (χ1v) is 10.1. The summed E-state index contributed by atoms with van der Waals surface area (Å²) in [5.74, 6) is 1.42. The molecule has 0 bridgehead atoms. The van der Waals surface area contributed by atoms with E-state index in [1.54, 1.807) is 18.2 Å². The molecule has 0 fully saturated rings. The first-order valence-electron chi connectivity index (χ1n) is 8.37. The van der Waals surface area contributed by atoms with E-state index >= 15 is 0 Å². The molecule has 0 saturated carbocycles. The summed E-state index contributed by atoms with van der Waals surface area (Å²) in [6.07, 6.45) is 0. The maximum Gasteiger partial charge on any atom is 0.234 e. The van der Waals surface area contributed by atoms with Gasteiger partial charge < -0.3 is 14.6 Å². The van der Waals surface area contributed by atoms with Crippen LogP contribution in [0.5, 0.6) is 5.75 Å². The number of halogens is 2. The van der Waals surface area contributed by atoms with E-state index in [2.05, 4.69) is 15.5 Å². The van der Waals surface area contributed by atoms with E-state index in [0.717, 1.165) is 5.75 Å². The number of rotatable bonds is 7. The summed E-state index contributed by atoms with van der Waals surface area (Å²) in [5.41, 5.74) is 1.72. The van der Waals surface area contributed by atoms with Gasteiger partial charge in [0, 0.05) is 22.8 Å². The van der Waals surface area contributed by atoms with Gasteiger partial charge in [-0.15, -0.1) is 10.2 Å². The molecule has 0 aliphatic heterocycles. The summed E-state index contributed by atoms with van der Waals surface area (Å²) in [5, 5.41) is 12.6. The van der Waals surface area contributed by atoms with Crippen molar-refractivity contribution >= 4 is 46.6 Å². The zero-order valence-corrected chi connectivity index (χ0v) is 17.6. The Balaban J connectivity index is 1.53. The molecule has 1 N–H and O–H groups in total. The van der Waals surface area contributed by atoms with Gasteiger partial charge in [-0.3, -0.25) is 4.79 Å². The number of carbonyl (C=O) groups is 1. The van der Waals surface area contributed by atoms with Gasteiger partial charge >= 0.3 is 0 Å². The molecule has 3 rings (SSSR count). The van der Waals surface area contributed by atoms with E-state index < -0.39 is 0 Å². The number of nitrogens with one attached hydrogen (secondary N) is 1. The Morgan fingerprint density at radius 2 is 1.82 bits per heavy atom. The van der Waals surface area contributed by atoms with E-state index in [1.807, 2.05) is 42.8 Å². The van der Waals surface area contributed by atoms with Crippen molar-refractivity contribution in [1.29, 1.82) is 0 Å². The molecule has 9 heteroatoms. The Bertz CT molecular complexity index is 956. The van der Waals surface area contributed by atoms with Crippen molar-refractivity contribution in [2.24, 2.45) is 7.05 Å². The molecule has 3 aromatic rings. The number of benzene rings is 2. The fourth-order valence-corrected chi connectivity index (χ4v) is 3.59. The number of amides is 1. The lowest BCUT2D eigenvalue weighted by molar-refractivity contribution is -0.113. The van der Waals surface area contributed by atoms with Crippen molar-refractivity contribution < 1.29 is 9.53 Å². The number of aryl methyl sites for hydroxylation is 1. The maximum atomic E-state index is 12.2. The summed E-state index contributed by atoms with van der Waals surface area (Å²) in [7, 11) is 1.84. The van der Waals surface area contributed by atoms with Crippen LogP contribution in [0.2, 0.25) is 10.0 Å². The number of aromatic nitrogens is 3. The quantitative estimate of drug-likeness (QED) is 0.541. The molecule has 0 atom stereocenters. The van der Waals surface area contributed by atoms with Gasteiger partial charge in [0.15, 0.2) is 11.0 Å². The third-order valence-corrected chi connectivity index (χ3v) is 5.25. The summed E-state index contributed by atoms with van der Waals surface area (Å²) in [6.45, 7) is 2.31. The van der Waals surface area contributed by atoms with Crippen molar-refractivity contribution in [2.75, 3.05) is 11.1 Å². The average Bonchev–Trinajstić information content (AvgIpc) is 2.98. The van der Waals surface area contributed by atoms with Gasteiger partial charge in [0.25, 0.3) is 0 Å². The molecule has 2 aromatic carbocycles. The topological polar surface area (TPSA) is 69.0 Å². The fourth-order valence-electron chi connectivity index (χ4n) is 2.33. The van der Waals surface area contributed by atoms with Crippen molar-refractivity contribution in [3.05, 3.63) is 63.9 Å². The predicted octanol–water partition coefficient (Wildman–Crippen LogP) is 4.74. The predicted molar refractivity (Wildman–Crippen MR) is 112 cm³/mol. The first kappa shape index (κ1) is 20.5. The second-order valence-electron chi connectivity index (χ2n) is 6.05. The Morgan fingerprint density at radius 1 is 1.14 bits per heavy atom. The van der Waals surface area contributed by atoms with Gasteiger partial charge in [-0.1, -0.05) is 52.7 Å². The van der Waals surface area contributed by atoms with Gasteiger partial charge in [-0.05, 0) is 37.3 Å². The van der Waals surface area contributed by atoms with Crippen LogP contribution in [0.25, 0.3) is 0 Å². The minimum absolute atomic E-state index is 0.176. The van der Waals surface area contributed by atoms with Crippen molar-refractivity contribution in [2.45, 2.75) is 18.7 Å². The molecule has 0 aliphatic carbocycles. The lowest BCUT2D eigenvalue weighted by atomic mass is 10.2. The van der Waals surface area contributed by atoms with Crippen LogP contribution in [-0.4, -0.2) is 26.4 Å². The van der Waals surface area contributed by atoms with Gasteiger partial charge in [-0.2, -0.15) is 0 Å². The summed E-state index contributed by atoms with van der Waals surface area (Å²) in [6, 6.07) is 12.7. The van der Waals surface area contributed by atoms with Crippen LogP contribution in [0.3, 0.4) is 0 Å². The van der Waals surface area contributed by atoms with E-state index in [0.29, 0.717) is 33.3 Å². The van der Waals surface area contributed by atoms with E-state index in [-0.39, 0.29) is 11.7 Å². The highest BCUT2D eigenvalue weighted by molar-refractivity contribution is 7.99. The molecule has 146 valence electrons. The van der Waals surface area contributed by atoms with Gasteiger partial charge in [0.1, 0.15) is 12.4 Å². The number of hydrogen-bond acceptors (Lipinski definition) is 5. The number of hydrogen-bond donors (Lipinski definition) is 1. The van der Waals surface area contributed by atoms with Crippen LogP contribution >= 0.6 is 35.0 Å². The van der Waals surface area contributed by atoms with Gasteiger partial charge in [0.2, 0.25) is 5.91 Å². The van der Waals surface area contributed by atoms with Crippen LogP contribution in [0.15, 0.2) is 47.6 Å². The van der Waals surface area contributed by atoms with Crippen LogP contribution in [-0.2, 0) is 18.4 Å². The van der Waals surface area contributed by atoms with Gasteiger partial charge in [-0.25, -0.2) is 0 Å². The fraction of sp³-hybridized carbons (Fsp3) is 0.211. The molecule has 1 amide bonds. The molecule has 1 heterocycles. The SMILES string of the molecule is Cc1ccc(OCc2nnc(SCC(=O)Nc3cc(Cl)cc(Cl)c3)n2C)cc1. The Kier molecular flexibility index (Phi) is 6.83. The molecule has 0 unspecified atom stereocenters. The van der Waals surface area contributed by atoms with Crippen LogP contribution in [0.4, 0.5) is 5.69 Å². The normalized spacial score (nSPS) is 10.7. The van der Waals surface area contributed by atoms with Gasteiger partial charge in [0.05, 0.1) is 5.75 Å². The highest BCUT2D eigenvalue weighted by atomic mass is 35.5. The molecular weight excluding hydrogens is 419 g/mol. The highest BCUT2D eigenvalue weighted by Crippen LogP contribution is 2.23. The second kappa shape index (κ2) is 9.32. The molecular formula is C19H18Cl2N4O2S. The van der Waals surface area contributed by atoms with E-state index in [9.17, 15) is 4.79 Å². The van der Waals surface area contributed by atoms with Crippen LogP contribution in [0.1, 0.15) is 11.4 Å². The lowest BCUT2D eigenvalue weighted by Crippen LogP contribution is -2.14. The minimum atomic E-state index is -0.191. The summed E-state index contributed by atoms with van der Waals surface area (Å²) < 4.78 is 7.54. The standard InChI is InChI=1S/C19H18Cl2N4O2S/c1-12-3-5-16(6-4-12)27-10-17-23-24-19(25(17)2)28-11-18(26)22-15-8-13(20)7-14(21)9-15/h3-9H,10-11H2,1-2H3,(H,22,26). The number of anilines is 1. The lowest BCUT2D eigenvalue weighted by Gasteiger charge is -2.07. The number of thioether (sulfide) groups is 1. The Labute approximate surface area is 177 Å². The second-order valence-corrected chi connectivity index (χ2v) is 7.87. The molecule has 28 heavy (non-hydrogen) atoms. The van der Waals surface area contributed by atoms with E-state index in [1.165, 1.54) is 17.3 Å². The maximum absolute atomic E-state index is 12.2. The highest BCUT2D eigenvalue weighted by Gasteiger charge is 2.12. The van der Waals surface area contributed by atoms with Crippen LogP contribution < -0.4 is 10.1 Å². The van der Waals surface area contributed by atoms with Crippen molar-refractivity contribution in [3.8, 4) is 5.75 Å². The molecule has 1 aromatic heterocycles. The minimum Gasteiger partial charge on any atom is -0.486 e. The molecule has 0 spiro atoms. The smallest absolute Gasteiger partial charge is 0.234 e. The molecule has 0 radical (unpaired) electrons. The van der Waals surface area contributed by atoms with E-state index in [4.69, 9.17) is 27.9 Å². The third-order valence-electron chi connectivity index (χ3n) is 3.79. The molecule has 0 saturated heterocycles. The molecule has 6 nitrogen and oxygen atoms in total. The number of carbonyl (C=O) groups excluding carboxylic acids is 1. The zero-order valence-electron chi connectivity index (χ0n) is 15.3. The Hall–Kier alpha value is -2.22. The van der Waals surface area contributed by atoms with Crippen molar-refractivity contribution in [1.82, 2.24) is 14.8 Å². The Morgan fingerprint density at radius 3 is 2.50 bits per heavy atom. The monoisotopic (exact) mass is 436 g/mol. The average molecular weight is 437 g/mol.